The summed E-state index contributed by atoms with van der Waals surface area (Å²) in [5.74, 6) is 0.627. The Hall–Kier alpha value is -1.28. The Kier molecular flexibility index (Phi) is 2.66. The van der Waals surface area contributed by atoms with Gasteiger partial charge >= 0.3 is 0 Å². The van der Waals surface area contributed by atoms with Crippen LogP contribution in [0.1, 0.15) is 46.3 Å². The largest absolute Gasteiger partial charge is 0.377 e. The van der Waals surface area contributed by atoms with Crippen molar-refractivity contribution in [3.8, 4) is 0 Å². The van der Waals surface area contributed by atoms with Crippen molar-refractivity contribution >= 4 is 21.6 Å². The van der Waals surface area contributed by atoms with Crippen molar-refractivity contribution in [3.05, 3.63) is 65.2 Å². The van der Waals surface area contributed by atoms with E-state index in [-0.39, 0.29) is 0 Å². The van der Waals surface area contributed by atoms with Gasteiger partial charge in [-0.25, -0.2) is 0 Å². The molecular formula is C17H16BrN. The van der Waals surface area contributed by atoms with Gasteiger partial charge in [0.2, 0.25) is 0 Å². The van der Waals surface area contributed by atoms with Crippen molar-refractivity contribution in [1.82, 2.24) is 0 Å². The highest BCUT2D eigenvalue weighted by Crippen LogP contribution is 2.54. The highest BCUT2D eigenvalue weighted by molar-refractivity contribution is 9.09. The fourth-order valence-electron chi connectivity index (χ4n) is 3.60. The molecule has 2 heteroatoms. The molecule has 0 fully saturated rings. The van der Waals surface area contributed by atoms with Crippen LogP contribution >= 0.6 is 15.9 Å². The second kappa shape index (κ2) is 4.38. The van der Waals surface area contributed by atoms with Gasteiger partial charge in [0.25, 0.3) is 0 Å². The normalized spacial score (nSPS) is 27.7. The summed E-state index contributed by atoms with van der Waals surface area (Å²) in [4.78, 5) is 0.523. The minimum absolute atomic E-state index is 0.442. The van der Waals surface area contributed by atoms with Crippen molar-refractivity contribution < 1.29 is 0 Å². The molecular weight excluding hydrogens is 298 g/mol. The Bertz CT molecular complexity index is 608. The zero-order valence-electron chi connectivity index (χ0n) is 10.6. The van der Waals surface area contributed by atoms with E-state index in [1.54, 1.807) is 5.56 Å². The van der Waals surface area contributed by atoms with Gasteiger partial charge in [-0.15, -0.1) is 0 Å². The van der Waals surface area contributed by atoms with E-state index in [1.807, 2.05) is 0 Å². The maximum atomic E-state index is 3.82. The van der Waals surface area contributed by atoms with Crippen LogP contribution < -0.4 is 5.32 Å². The van der Waals surface area contributed by atoms with Gasteiger partial charge in [-0.2, -0.15) is 0 Å². The Balaban J connectivity index is 1.82. The van der Waals surface area contributed by atoms with Crippen LogP contribution in [-0.4, -0.2) is 0 Å². The number of rotatable bonds is 1. The smallest absolute Gasteiger partial charge is 0.0583 e. The third kappa shape index (κ3) is 1.73. The summed E-state index contributed by atoms with van der Waals surface area (Å²) in [6, 6.07) is 18.0. The SMILES string of the molecule is BrC1CCC2c3c(cccc31)NC2c1ccccc1. The predicted molar refractivity (Wildman–Crippen MR) is 82.9 cm³/mol. The lowest BCUT2D eigenvalue weighted by molar-refractivity contribution is 0.518. The molecule has 4 rings (SSSR count). The third-order valence-electron chi connectivity index (χ3n) is 4.45. The average molecular weight is 314 g/mol. The van der Waals surface area contributed by atoms with Crippen LogP contribution in [0.4, 0.5) is 5.69 Å². The minimum atomic E-state index is 0.442. The second-order valence-corrected chi connectivity index (χ2v) is 6.60. The molecule has 0 aromatic heterocycles. The summed E-state index contributed by atoms with van der Waals surface area (Å²) >= 11 is 3.82. The molecule has 0 radical (unpaired) electrons. The van der Waals surface area contributed by atoms with Gasteiger partial charge in [-0.1, -0.05) is 58.4 Å². The molecule has 3 unspecified atom stereocenters. The lowest BCUT2D eigenvalue weighted by Crippen LogP contribution is -2.15. The maximum Gasteiger partial charge on any atom is 0.0583 e. The first kappa shape index (κ1) is 11.5. The number of halogens is 1. The van der Waals surface area contributed by atoms with E-state index in [2.05, 4.69) is 69.8 Å². The maximum absolute atomic E-state index is 3.82. The summed E-state index contributed by atoms with van der Waals surface area (Å²) in [6.07, 6.45) is 2.48. The highest BCUT2D eigenvalue weighted by atomic mass is 79.9. The van der Waals surface area contributed by atoms with Crippen molar-refractivity contribution in [2.24, 2.45) is 0 Å². The van der Waals surface area contributed by atoms with Gasteiger partial charge < -0.3 is 5.32 Å². The molecule has 1 aliphatic heterocycles. The van der Waals surface area contributed by atoms with E-state index in [1.165, 1.54) is 29.7 Å². The molecule has 3 atom stereocenters. The van der Waals surface area contributed by atoms with E-state index in [0.717, 1.165) is 0 Å². The van der Waals surface area contributed by atoms with E-state index < -0.39 is 0 Å². The average Bonchev–Trinajstić information content (AvgIpc) is 2.84. The third-order valence-corrected chi connectivity index (χ3v) is 5.40. The first-order valence-corrected chi connectivity index (χ1v) is 7.84. The molecule has 1 heterocycles. The second-order valence-electron chi connectivity index (χ2n) is 5.49. The molecule has 0 spiro atoms. The summed E-state index contributed by atoms with van der Waals surface area (Å²) in [5.41, 5.74) is 5.77. The number of hydrogen-bond donors (Lipinski definition) is 1. The fraction of sp³-hybridized carbons (Fsp3) is 0.294. The van der Waals surface area contributed by atoms with Gasteiger partial charge in [0.15, 0.2) is 0 Å². The van der Waals surface area contributed by atoms with Crippen LogP contribution in [0.15, 0.2) is 48.5 Å². The first-order chi connectivity index (χ1) is 9.34. The first-order valence-electron chi connectivity index (χ1n) is 6.93. The molecule has 2 aromatic rings. The molecule has 1 nitrogen and oxygen atoms in total. The van der Waals surface area contributed by atoms with E-state index in [4.69, 9.17) is 0 Å². The number of nitrogens with one attached hydrogen (secondary N) is 1. The van der Waals surface area contributed by atoms with Crippen LogP contribution in [0.2, 0.25) is 0 Å². The topological polar surface area (TPSA) is 12.0 Å². The van der Waals surface area contributed by atoms with Gasteiger partial charge in [-0.3, -0.25) is 0 Å². The molecule has 2 aliphatic rings. The van der Waals surface area contributed by atoms with Gasteiger partial charge in [-0.05, 0) is 35.6 Å². The predicted octanol–water partition coefficient (Wildman–Crippen LogP) is 5.17. The van der Waals surface area contributed by atoms with E-state index in [0.29, 0.717) is 16.8 Å². The fourth-order valence-corrected chi connectivity index (χ4v) is 4.26. The van der Waals surface area contributed by atoms with Crippen molar-refractivity contribution in [2.45, 2.75) is 29.6 Å². The lowest BCUT2D eigenvalue weighted by Gasteiger charge is -2.28. The Morgan fingerprint density at radius 1 is 0.947 bits per heavy atom. The van der Waals surface area contributed by atoms with Gasteiger partial charge in [0.05, 0.1) is 6.04 Å². The Morgan fingerprint density at radius 3 is 2.63 bits per heavy atom. The molecule has 1 aliphatic carbocycles. The zero-order valence-corrected chi connectivity index (χ0v) is 12.2. The lowest BCUT2D eigenvalue weighted by atomic mass is 9.79. The molecule has 0 saturated heterocycles. The summed E-state index contributed by atoms with van der Waals surface area (Å²) in [6.45, 7) is 0. The summed E-state index contributed by atoms with van der Waals surface area (Å²) in [7, 11) is 0. The van der Waals surface area contributed by atoms with Crippen LogP contribution in [0, 0.1) is 0 Å². The molecule has 1 N–H and O–H groups in total. The number of hydrogen-bond acceptors (Lipinski definition) is 1. The highest BCUT2D eigenvalue weighted by Gasteiger charge is 2.38. The van der Waals surface area contributed by atoms with Crippen molar-refractivity contribution in [2.75, 3.05) is 5.32 Å². The van der Waals surface area contributed by atoms with Crippen LogP contribution in [0.25, 0.3) is 0 Å². The minimum Gasteiger partial charge on any atom is -0.377 e. The molecule has 0 bridgehead atoms. The summed E-state index contributed by atoms with van der Waals surface area (Å²) < 4.78 is 0. The van der Waals surface area contributed by atoms with E-state index in [9.17, 15) is 0 Å². The molecule has 2 aromatic carbocycles. The number of alkyl halides is 1. The Morgan fingerprint density at radius 2 is 1.79 bits per heavy atom. The molecule has 19 heavy (non-hydrogen) atoms. The zero-order chi connectivity index (χ0) is 12.8. The Labute approximate surface area is 122 Å². The van der Waals surface area contributed by atoms with Gasteiger partial charge in [0.1, 0.15) is 0 Å². The van der Waals surface area contributed by atoms with Crippen molar-refractivity contribution in [3.63, 3.8) is 0 Å². The van der Waals surface area contributed by atoms with Crippen LogP contribution in [-0.2, 0) is 0 Å². The van der Waals surface area contributed by atoms with Crippen LogP contribution in [0.5, 0.6) is 0 Å². The monoisotopic (exact) mass is 313 g/mol. The molecule has 96 valence electrons. The molecule has 0 saturated carbocycles. The van der Waals surface area contributed by atoms with E-state index >= 15 is 0 Å². The standard InChI is InChI=1S/C17H16BrN/c18-14-10-9-13-16-12(14)7-4-8-15(16)19-17(13)11-5-2-1-3-6-11/h1-8,13-14,17,19H,9-10H2. The van der Waals surface area contributed by atoms with Gasteiger partial charge in [0, 0.05) is 16.4 Å². The molecule has 0 amide bonds. The van der Waals surface area contributed by atoms with Crippen LogP contribution in [0.3, 0.4) is 0 Å². The number of benzene rings is 2. The number of anilines is 1. The quantitative estimate of drug-likeness (QED) is 0.716. The van der Waals surface area contributed by atoms with Crippen molar-refractivity contribution in [1.29, 1.82) is 0 Å². The summed E-state index contributed by atoms with van der Waals surface area (Å²) in [5, 5.41) is 3.73.